The highest BCUT2D eigenvalue weighted by atomic mass is 16.2. The number of likely N-dealkylation sites (N-methyl/N-ethyl adjacent to an activating group) is 1. The maximum absolute atomic E-state index is 11.1. The molecule has 0 aromatic carbocycles. The smallest absolute Gasteiger partial charge is 0.236 e. The number of amides is 1. The molecule has 1 atom stereocenters. The van der Waals surface area contributed by atoms with Gasteiger partial charge >= 0.3 is 0 Å². The van der Waals surface area contributed by atoms with E-state index in [1.807, 2.05) is 6.92 Å². The Kier molecular flexibility index (Phi) is 5.06. The first-order chi connectivity index (χ1) is 5.65. The molecule has 1 amide bonds. The third-order valence-corrected chi connectivity index (χ3v) is 1.62. The van der Waals surface area contributed by atoms with E-state index in [9.17, 15) is 4.79 Å². The van der Waals surface area contributed by atoms with Gasteiger partial charge in [0.15, 0.2) is 0 Å². The third kappa shape index (κ3) is 3.35. The van der Waals surface area contributed by atoms with Gasteiger partial charge in [0, 0.05) is 13.1 Å². The fourth-order valence-corrected chi connectivity index (χ4v) is 0.908. The van der Waals surface area contributed by atoms with Crippen LogP contribution in [-0.4, -0.2) is 30.4 Å². The number of rotatable bonds is 4. The second kappa shape index (κ2) is 5.56. The van der Waals surface area contributed by atoms with Crippen molar-refractivity contribution in [3.8, 4) is 6.07 Å². The van der Waals surface area contributed by atoms with Crippen LogP contribution in [0.4, 0.5) is 0 Å². The van der Waals surface area contributed by atoms with Gasteiger partial charge in [-0.3, -0.25) is 4.79 Å². The molecule has 68 valence electrons. The number of nitrogens with zero attached hydrogens (tertiary/aromatic N) is 2. The molecule has 0 spiro atoms. The molecule has 0 aliphatic carbocycles. The summed E-state index contributed by atoms with van der Waals surface area (Å²) in [6.45, 7) is 4.77. The molecule has 4 heteroatoms. The van der Waals surface area contributed by atoms with Crippen molar-refractivity contribution in [3.05, 3.63) is 0 Å². The predicted octanol–water partition coefficient (Wildman–Crippen LogP) is -0.0467. The van der Waals surface area contributed by atoms with Gasteiger partial charge in [-0.15, -0.1) is 0 Å². The number of nitrogens with two attached hydrogens (primary N) is 1. The van der Waals surface area contributed by atoms with Crippen LogP contribution >= 0.6 is 0 Å². The van der Waals surface area contributed by atoms with Gasteiger partial charge in [0.1, 0.15) is 0 Å². The topological polar surface area (TPSA) is 70.1 Å². The first-order valence-corrected chi connectivity index (χ1v) is 4.03. The normalized spacial score (nSPS) is 11.8. The molecular formula is C8H15N3O. The van der Waals surface area contributed by atoms with Crippen molar-refractivity contribution in [2.24, 2.45) is 11.7 Å². The van der Waals surface area contributed by atoms with E-state index in [1.54, 1.807) is 11.8 Å². The SMILES string of the molecule is CCN(CC(C)C#N)C(=O)CN. The molecule has 0 bridgehead atoms. The van der Waals surface area contributed by atoms with Crippen LogP contribution in [0.5, 0.6) is 0 Å². The Morgan fingerprint density at radius 2 is 2.33 bits per heavy atom. The van der Waals surface area contributed by atoms with Crippen molar-refractivity contribution < 1.29 is 4.79 Å². The Balaban J connectivity index is 4.01. The quantitative estimate of drug-likeness (QED) is 0.641. The van der Waals surface area contributed by atoms with E-state index in [-0.39, 0.29) is 18.4 Å². The van der Waals surface area contributed by atoms with Gasteiger partial charge in [-0.25, -0.2) is 0 Å². The van der Waals surface area contributed by atoms with E-state index in [2.05, 4.69) is 6.07 Å². The minimum absolute atomic E-state index is 0.0198. The average molecular weight is 169 g/mol. The van der Waals surface area contributed by atoms with Crippen molar-refractivity contribution >= 4 is 5.91 Å². The van der Waals surface area contributed by atoms with Crippen LogP contribution in [0.3, 0.4) is 0 Å². The zero-order chi connectivity index (χ0) is 9.56. The Labute approximate surface area is 72.9 Å². The van der Waals surface area contributed by atoms with E-state index in [0.29, 0.717) is 13.1 Å². The van der Waals surface area contributed by atoms with Gasteiger partial charge in [-0.05, 0) is 13.8 Å². The summed E-state index contributed by atoms with van der Waals surface area (Å²) in [6.07, 6.45) is 0. The molecule has 0 fully saturated rings. The Morgan fingerprint density at radius 1 is 1.75 bits per heavy atom. The number of hydrogen-bond acceptors (Lipinski definition) is 3. The number of nitriles is 1. The number of hydrogen-bond donors (Lipinski definition) is 1. The highest BCUT2D eigenvalue weighted by Crippen LogP contribution is 1.97. The van der Waals surface area contributed by atoms with E-state index in [1.165, 1.54) is 0 Å². The predicted molar refractivity (Wildman–Crippen MR) is 46.1 cm³/mol. The molecule has 0 radical (unpaired) electrons. The van der Waals surface area contributed by atoms with Gasteiger partial charge in [-0.1, -0.05) is 0 Å². The molecule has 0 rings (SSSR count). The first-order valence-electron chi connectivity index (χ1n) is 4.03. The summed E-state index contributed by atoms with van der Waals surface area (Å²) in [7, 11) is 0. The molecule has 12 heavy (non-hydrogen) atoms. The van der Waals surface area contributed by atoms with Crippen molar-refractivity contribution in [2.75, 3.05) is 19.6 Å². The molecule has 0 aromatic rings. The second-order valence-corrected chi connectivity index (χ2v) is 2.67. The average Bonchev–Trinajstić information content (AvgIpc) is 2.12. The van der Waals surface area contributed by atoms with Gasteiger partial charge in [0.25, 0.3) is 0 Å². The van der Waals surface area contributed by atoms with Gasteiger partial charge in [0.05, 0.1) is 18.5 Å². The summed E-state index contributed by atoms with van der Waals surface area (Å²) in [6, 6.07) is 2.07. The maximum Gasteiger partial charge on any atom is 0.236 e. The van der Waals surface area contributed by atoms with Crippen LogP contribution in [0, 0.1) is 17.2 Å². The van der Waals surface area contributed by atoms with E-state index < -0.39 is 0 Å². The minimum Gasteiger partial charge on any atom is -0.341 e. The number of carbonyl (C=O) groups excluding carboxylic acids is 1. The zero-order valence-electron chi connectivity index (χ0n) is 7.58. The molecule has 0 saturated heterocycles. The fourth-order valence-electron chi connectivity index (χ4n) is 0.908. The van der Waals surface area contributed by atoms with E-state index in [4.69, 9.17) is 11.0 Å². The first kappa shape index (κ1) is 10.9. The summed E-state index contributed by atoms with van der Waals surface area (Å²) >= 11 is 0. The van der Waals surface area contributed by atoms with Gasteiger partial charge in [0.2, 0.25) is 5.91 Å². The third-order valence-electron chi connectivity index (χ3n) is 1.62. The Morgan fingerprint density at radius 3 is 2.67 bits per heavy atom. The summed E-state index contributed by atoms with van der Waals surface area (Å²) < 4.78 is 0. The van der Waals surface area contributed by atoms with Gasteiger partial charge in [-0.2, -0.15) is 5.26 Å². The largest absolute Gasteiger partial charge is 0.341 e. The molecule has 2 N–H and O–H groups in total. The molecule has 4 nitrogen and oxygen atoms in total. The van der Waals surface area contributed by atoms with Crippen LogP contribution in [-0.2, 0) is 4.79 Å². The Bertz CT molecular complexity index is 185. The highest BCUT2D eigenvalue weighted by Gasteiger charge is 2.12. The lowest BCUT2D eigenvalue weighted by atomic mass is 10.2. The molecule has 0 saturated carbocycles. The summed E-state index contributed by atoms with van der Waals surface area (Å²) in [4.78, 5) is 12.7. The van der Waals surface area contributed by atoms with Crippen LogP contribution in [0.25, 0.3) is 0 Å². The molecule has 0 aliphatic rings. The van der Waals surface area contributed by atoms with Crippen molar-refractivity contribution in [1.82, 2.24) is 4.90 Å². The summed E-state index contributed by atoms with van der Waals surface area (Å²) in [5.74, 6) is -0.222. The molecule has 0 aromatic heterocycles. The van der Waals surface area contributed by atoms with Crippen molar-refractivity contribution in [3.63, 3.8) is 0 Å². The summed E-state index contributed by atoms with van der Waals surface area (Å²) in [5.41, 5.74) is 5.19. The molecule has 0 aliphatic heterocycles. The number of carbonyl (C=O) groups is 1. The second-order valence-electron chi connectivity index (χ2n) is 2.67. The summed E-state index contributed by atoms with van der Waals surface area (Å²) in [5, 5.41) is 8.51. The maximum atomic E-state index is 11.1. The van der Waals surface area contributed by atoms with E-state index >= 15 is 0 Å². The van der Waals surface area contributed by atoms with Crippen LogP contribution in [0.15, 0.2) is 0 Å². The zero-order valence-corrected chi connectivity index (χ0v) is 7.58. The van der Waals surface area contributed by atoms with Crippen LogP contribution < -0.4 is 5.73 Å². The van der Waals surface area contributed by atoms with Gasteiger partial charge < -0.3 is 10.6 Å². The van der Waals surface area contributed by atoms with Crippen LogP contribution in [0.1, 0.15) is 13.8 Å². The lowest BCUT2D eigenvalue weighted by Gasteiger charge is -2.20. The van der Waals surface area contributed by atoms with E-state index in [0.717, 1.165) is 0 Å². The van der Waals surface area contributed by atoms with Crippen molar-refractivity contribution in [2.45, 2.75) is 13.8 Å². The molecule has 0 heterocycles. The van der Waals surface area contributed by atoms with Crippen LogP contribution in [0.2, 0.25) is 0 Å². The molecule has 1 unspecified atom stereocenters. The lowest BCUT2D eigenvalue weighted by Crippen LogP contribution is -2.38. The molecular weight excluding hydrogens is 154 g/mol. The standard InChI is InChI=1S/C8H15N3O/c1-3-11(8(12)5-10)6-7(2)4-9/h7H,3,5-6,10H2,1-2H3. The Hall–Kier alpha value is -1.08. The minimum atomic E-state index is -0.125. The monoisotopic (exact) mass is 169 g/mol. The lowest BCUT2D eigenvalue weighted by molar-refractivity contribution is -0.129. The highest BCUT2D eigenvalue weighted by molar-refractivity contribution is 5.77. The van der Waals surface area contributed by atoms with Crippen molar-refractivity contribution in [1.29, 1.82) is 5.26 Å². The fraction of sp³-hybridized carbons (Fsp3) is 0.750.